The maximum atomic E-state index is 10.8. The summed E-state index contributed by atoms with van der Waals surface area (Å²) in [6.45, 7) is 3.90. The summed E-state index contributed by atoms with van der Waals surface area (Å²) in [5.41, 5.74) is -0.267. The summed E-state index contributed by atoms with van der Waals surface area (Å²) in [4.78, 5) is 21.0. The van der Waals surface area contributed by atoms with Crippen LogP contribution in [0.2, 0.25) is 0 Å². The maximum Gasteiger partial charge on any atom is 1.00 e. The molecular formula is C12H12N2Na2O4S4. The maximum absolute atomic E-state index is 10.8. The normalized spacial score (nSPS) is 6.50. The second-order valence-corrected chi connectivity index (χ2v) is 4.46. The second kappa shape index (κ2) is 28.1. The van der Waals surface area contributed by atoms with Crippen LogP contribution in [-0.4, -0.2) is 29.5 Å². The summed E-state index contributed by atoms with van der Waals surface area (Å²) in [6, 6.07) is 3.26. The monoisotopic (exact) mass is 422 g/mol. The molecular weight excluding hydrogens is 410 g/mol. The van der Waals surface area contributed by atoms with Gasteiger partial charge in [0.2, 0.25) is 0 Å². The Morgan fingerprint density at radius 3 is 1.71 bits per heavy atom. The fraction of sp³-hybridized carbons (Fsp3) is 0.417. The van der Waals surface area contributed by atoms with Crippen molar-refractivity contribution in [3.05, 3.63) is 9.81 Å². The molecule has 0 saturated carbocycles. The van der Waals surface area contributed by atoms with Crippen molar-refractivity contribution in [3.63, 3.8) is 0 Å². The van der Waals surface area contributed by atoms with Crippen molar-refractivity contribution in [1.82, 2.24) is 0 Å². The molecule has 0 aliphatic heterocycles. The first-order valence-electron chi connectivity index (χ1n) is 5.53. The Bertz CT molecular complexity index is 506. The van der Waals surface area contributed by atoms with E-state index in [9.17, 15) is 9.59 Å². The minimum Gasteiger partial charge on any atom is -0.806 e. The molecule has 0 aromatic heterocycles. The van der Waals surface area contributed by atoms with Gasteiger partial charge in [0.05, 0.1) is 24.9 Å². The largest absolute Gasteiger partial charge is 1.00 e. The summed E-state index contributed by atoms with van der Waals surface area (Å²) >= 11 is 16.8. The number of nitriles is 2. The molecule has 0 rings (SSSR count). The van der Waals surface area contributed by atoms with Crippen molar-refractivity contribution >= 4 is 65.9 Å². The number of hydrogen-bond acceptors (Lipinski definition) is 10. The fourth-order valence-corrected chi connectivity index (χ4v) is 0.912. The van der Waals surface area contributed by atoms with Gasteiger partial charge < -0.3 is 39.0 Å². The van der Waals surface area contributed by atoms with Crippen molar-refractivity contribution < 1.29 is 78.2 Å². The molecule has 0 spiro atoms. The van der Waals surface area contributed by atoms with Crippen LogP contribution in [0, 0.1) is 22.7 Å². The number of hydrogen-bond donors (Lipinski definition) is 0. The molecule has 120 valence electrons. The minimum absolute atomic E-state index is 0. The summed E-state index contributed by atoms with van der Waals surface area (Å²) in [5, 5.41) is 16.3. The fourth-order valence-electron chi connectivity index (χ4n) is 0.654. The third-order valence-electron chi connectivity index (χ3n) is 1.32. The smallest absolute Gasteiger partial charge is 0.806 e. The van der Waals surface area contributed by atoms with Crippen LogP contribution in [0.25, 0.3) is 0 Å². The third kappa shape index (κ3) is 27.2. The molecule has 0 heterocycles. The van der Waals surface area contributed by atoms with E-state index in [0.29, 0.717) is 6.61 Å². The van der Waals surface area contributed by atoms with Gasteiger partial charge in [0.1, 0.15) is 12.5 Å². The summed E-state index contributed by atoms with van der Waals surface area (Å²) in [7, 11) is 0. The number of rotatable bonds is 4. The first-order chi connectivity index (χ1) is 10.4. The summed E-state index contributed by atoms with van der Waals surface area (Å²) in [6.07, 6.45) is -0.145. The van der Waals surface area contributed by atoms with Gasteiger partial charge in [-0.2, -0.15) is 10.5 Å². The molecule has 0 N–H and O–H groups in total. The van der Waals surface area contributed by atoms with Crippen molar-refractivity contribution in [3.8, 4) is 12.1 Å². The Labute approximate surface area is 207 Å². The summed E-state index contributed by atoms with van der Waals surface area (Å²) < 4.78 is 10.7. The molecule has 12 heteroatoms. The van der Waals surface area contributed by atoms with E-state index < -0.39 is 11.9 Å². The molecule has 6 nitrogen and oxygen atoms in total. The quantitative estimate of drug-likeness (QED) is 0.111. The Balaban J connectivity index is -0.0000000825. The van der Waals surface area contributed by atoms with Crippen LogP contribution in [-0.2, 0) is 44.3 Å². The third-order valence-corrected chi connectivity index (χ3v) is 1.73. The number of carbonyl (C=O) groups is 2. The first kappa shape index (κ1) is 35.4. The van der Waals surface area contributed by atoms with Crippen LogP contribution in [0.3, 0.4) is 0 Å². The average Bonchev–Trinajstić information content (AvgIpc) is 2.41. The van der Waals surface area contributed by atoms with Gasteiger partial charge in [0.15, 0.2) is 0 Å². The van der Waals surface area contributed by atoms with E-state index in [1.807, 2.05) is 4.31 Å². The van der Waals surface area contributed by atoms with Gasteiger partial charge in [-0.25, -0.2) is 4.79 Å². The molecule has 0 atom stereocenters. The summed E-state index contributed by atoms with van der Waals surface area (Å²) in [5.74, 6) is -1.19. The molecule has 0 bridgehead atoms. The molecule has 0 aliphatic carbocycles. The van der Waals surface area contributed by atoms with Crippen LogP contribution < -0.4 is 59.1 Å². The first-order valence-corrected chi connectivity index (χ1v) is 7.16. The van der Waals surface area contributed by atoms with Gasteiger partial charge in [-0.1, -0.05) is 0 Å². The molecule has 24 heavy (non-hydrogen) atoms. The van der Waals surface area contributed by atoms with Crippen molar-refractivity contribution in [2.24, 2.45) is 0 Å². The second-order valence-electron chi connectivity index (χ2n) is 2.72. The van der Waals surface area contributed by atoms with E-state index in [2.05, 4.69) is 59.2 Å². The number of esters is 2. The molecule has 0 amide bonds. The van der Waals surface area contributed by atoms with Gasteiger partial charge in [0.25, 0.3) is 0 Å². The zero-order valence-corrected chi connectivity index (χ0v) is 21.0. The van der Waals surface area contributed by atoms with Crippen molar-refractivity contribution in [1.29, 1.82) is 10.5 Å². The predicted molar refractivity (Wildman–Crippen MR) is 91.1 cm³/mol. The Kier molecular flexibility index (Phi) is 41.5. The average molecular weight is 422 g/mol. The minimum atomic E-state index is -0.741. The van der Waals surface area contributed by atoms with Crippen LogP contribution >= 0.6 is 24.4 Å². The molecule has 0 radical (unpaired) electrons. The van der Waals surface area contributed by atoms with E-state index in [-0.39, 0.29) is 82.0 Å². The van der Waals surface area contributed by atoms with E-state index >= 15 is 0 Å². The van der Waals surface area contributed by atoms with Gasteiger partial charge in [0, 0.05) is 4.31 Å². The number of thiocarbonyl (C=S) groups is 2. The SMILES string of the molecule is CCOC(=O)C(C#N)=C([S-])[S-].CCOC(=O)CC#N.S=C=S.[Na+].[Na+]. The Hall–Kier alpha value is 0.320. The predicted octanol–water partition coefficient (Wildman–Crippen LogP) is -4.13. The van der Waals surface area contributed by atoms with Crippen LogP contribution in [0.15, 0.2) is 9.81 Å². The van der Waals surface area contributed by atoms with E-state index in [1.165, 1.54) is 0 Å². The van der Waals surface area contributed by atoms with Crippen LogP contribution in [0.5, 0.6) is 0 Å². The molecule has 0 unspecified atom stereocenters. The number of nitrogens with zero attached hydrogens (tertiary/aromatic N) is 2. The Morgan fingerprint density at radius 2 is 1.46 bits per heavy atom. The van der Waals surface area contributed by atoms with Crippen molar-refractivity contribution in [2.75, 3.05) is 13.2 Å². The molecule has 0 saturated heterocycles. The number of carbonyl (C=O) groups excluding carboxylic acids is 2. The zero-order chi connectivity index (χ0) is 18.0. The topological polar surface area (TPSA) is 100 Å². The van der Waals surface area contributed by atoms with Gasteiger partial charge in [-0.15, -0.1) is 0 Å². The molecule has 0 fully saturated rings. The molecule has 0 aromatic rings. The zero-order valence-electron chi connectivity index (χ0n) is 13.8. The van der Waals surface area contributed by atoms with Crippen LogP contribution in [0.1, 0.15) is 20.3 Å². The van der Waals surface area contributed by atoms with Crippen molar-refractivity contribution in [2.45, 2.75) is 20.3 Å². The van der Waals surface area contributed by atoms with E-state index in [1.54, 1.807) is 26.0 Å². The van der Waals surface area contributed by atoms with E-state index in [0.717, 1.165) is 0 Å². The molecule has 0 aliphatic rings. The van der Waals surface area contributed by atoms with Gasteiger partial charge in [-0.05, 0) is 38.3 Å². The van der Waals surface area contributed by atoms with E-state index in [4.69, 9.17) is 10.5 Å². The van der Waals surface area contributed by atoms with Crippen LogP contribution in [0.4, 0.5) is 0 Å². The number of ether oxygens (including phenoxy) is 2. The molecule has 0 aromatic carbocycles. The van der Waals surface area contributed by atoms with Gasteiger partial charge in [-0.3, -0.25) is 4.79 Å². The standard InChI is InChI=1S/C6H7NO2S2.C5H7NO2.CS2.2Na/c1-2-9-5(8)4(3-7)6(10)11;1-2-8-5(7)3-4-6;2-1-3;;/h10-11H,2H2,1H3;2-3H2,1H3;;;/q;;;2*+1/p-2. The van der Waals surface area contributed by atoms with Gasteiger partial charge >= 0.3 is 71.1 Å². The Morgan fingerprint density at radius 1 is 1.04 bits per heavy atom.